The molecule has 1 aromatic rings. The molecule has 0 aliphatic rings. The molecular weight excluding hydrogens is 256 g/mol. The first-order valence-corrected chi connectivity index (χ1v) is 7.91. The van der Waals surface area contributed by atoms with E-state index in [-0.39, 0.29) is 5.91 Å². The van der Waals surface area contributed by atoms with Gasteiger partial charge in [-0.1, -0.05) is 20.8 Å². The van der Waals surface area contributed by atoms with Crippen LogP contribution in [0, 0.1) is 11.8 Å². The monoisotopic (exact) mass is 282 g/mol. The second kappa shape index (κ2) is 8.33. The van der Waals surface area contributed by atoms with Gasteiger partial charge < -0.3 is 11.1 Å². The molecule has 1 heterocycles. The fourth-order valence-electron chi connectivity index (χ4n) is 2.16. The highest BCUT2D eigenvalue weighted by Crippen LogP contribution is 2.17. The van der Waals surface area contributed by atoms with E-state index in [1.165, 1.54) is 9.75 Å². The van der Waals surface area contributed by atoms with Gasteiger partial charge in [-0.05, 0) is 43.4 Å². The largest absolute Gasteiger partial charge is 0.351 e. The van der Waals surface area contributed by atoms with Gasteiger partial charge in [0, 0.05) is 16.2 Å². The lowest BCUT2D eigenvalue weighted by atomic mass is 9.94. The van der Waals surface area contributed by atoms with Crippen LogP contribution in [-0.2, 0) is 17.8 Å². The van der Waals surface area contributed by atoms with Crippen LogP contribution in [0.3, 0.4) is 0 Å². The third kappa shape index (κ3) is 6.21. The number of amides is 1. The third-order valence-electron chi connectivity index (χ3n) is 3.14. The van der Waals surface area contributed by atoms with E-state index in [0.717, 1.165) is 12.8 Å². The summed E-state index contributed by atoms with van der Waals surface area (Å²) in [6.45, 7) is 7.70. The number of nitrogens with one attached hydrogen (secondary N) is 1. The van der Waals surface area contributed by atoms with E-state index in [1.54, 1.807) is 11.3 Å². The van der Waals surface area contributed by atoms with Crippen LogP contribution < -0.4 is 11.1 Å². The van der Waals surface area contributed by atoms with E-state index < -0.39 is 0 Å². The Morgan fingerprint density at radius 3 is 2.58 bits per heavy atom. The summed E-state index contributed by atoms with van der Waals surface area (Å²) in [5.41, 5.74) is 5.72. The maximum atomic E-state index is 11.9. The molecule has 0 aliphatic carbocycles. The van der Waals surface area contributed by atoms with Crippen molar-refractivity contribution in [3.63, 3.8) is 0 Å². The first-order valence-electron chi connectivity index (χ1n) is 7.09. The summed E-state index contributed by atoms with van der Waals surface area (Å²) < 4.78 is 0. The SMILES string of the molecule is CCc1ccc(CNC(=O)C[C@@H](CN)CC(C)C)s1. The fourth-order valence-corrected chi connectivity index (χ4v) is 3.05. The summed E-state index contributed by atoms with van der Waals surface area (Å²) in [6.07, 6.45) is 2.62. The fraction of sp³-hybridized carbons (Fsp3) is 0.667. The molecule has 0 fully saturated rings. The van der Waals surface area contributed by atoms with Gasteiger partial charge in [0.2, 0.25) is 5.91 Å². The van der Waals surface area contributed by atoms with Crippen LogP contribution in [0.25, 0.3) is 0 Å². The molecule has 0 aromatic carbocycles. The second-order valence-electron chi connectivity index (χ2n) is 5.43. The van der Waals surface area contributed by atoms with Crippen molar-refractivity contribution in [1.29, 1.82) is 0 Å². The predicted octanol–water partition coefficient (Wildman–Crippen LogP) is 2.94. The molecule has 3 N–H and O–H groups in total. The van der Waals surface area contributed by atoms with Crippen molar-refractivity contribution in [1.82, 2.24) is 5.32 Å². The Kier molecular flexibility index (Phi) is 7.10. The van der Waals surface area contributed by atoms with Gasteiger partial charge in [0.1, 0.15) is 0 Å². The van der Waals surface area contributed by atoms with Gasteiger partial charge in [-0.2, -0.15) is 0 Å². The lowest BCUT2D eigenvalue weighted by Crippen LogP contribution is -2.28. The minimum Gasteiger partial charge on any atom is -0.351 e. The van der Waals surface area contributed by atoms with Gasteiger partial charge in [0.15, 0.2) is 0 Å². The van der Waals surface area contributed by atoms with Crippen LogP contribution in [0.15, 0.2) is 12.1 Å². The molecule has 1 rings (SSSR count). The van der Waals surface area contributed by atoms with E-state index in [1.807, 2.05) is 0 Å². The van der Waals surface area contributed by atoms with Crippen LogP contribution in [0.5, 0.6) is 0 Å². The van der Waals surface area contributed by atoms with Gasteiger partial charge >= 0.3 is 0 Å². The highest BCUT2D eigenvalue weighted by molar-refractivity contribution is 7.11. The van der Waals surface area contributed by atoms with Crippen molar-refractivity contribution in [2.24, 2.45) is 17.6 Å². The van der Waals surface area contributed by atoms with Crippen molar-refractivity contribution in [3.8, 4) is 0 Å². The van der Waals surface area contributed by atoms with Crippen molar-refractivity contribution >= 4 is 17.2 Å². The lowest BCUT2D eigenvalue weighted by Gasteiger charge is -2.16. The number of rotatable bonds is 8. The Morgan fingerprint density at radius 1 is 1.37 bits per heavy atom. The molecule has 0 saturated carbocycles. The van der Waals surface area contributed by atoms with Crippen LogP contribution in [0.2, 0.25) is 0 Å². The summed E-state index contributed by atoms with van der Waals surface area (Å²) >= 11 is 1.77. The van der Waals surface area contributed by atoms with Gasteiger partial charge in [-0.3, -0.25) is 4.79 Å². The summed E-state index contributed by atoms with van der Waals surface area (Å²) in [4.78, 5) is 14.5. The summed E-state index contributed by atoms with van der Waals surface area (Å²) in [7, 11) is 0. The number of thiophene rings is 1. The Bertz CT molecular complexity index is 387. The number of hydrogen-bond donors (Lipinski definition) is 2. The molecule has 0 unspecified atom stereocenters. The molecule has 0 spiro atoms. The smallest absolute Gasteiger partial charge is 0.220 e. The van der Waals surface area contributed by atoms with Crippen molar-refractivity contribution < 1.29 is 4.79 Å². The number of carbonyl (C=O) groups excluding carboxylic acids is 1. The quantitative estimate of drug-likeness (QED) is 0.770. The van der Waals surface area contributed by atoms with Crippen LogP contribution >= 0.6 is 11.3 Å². The number of carbonyl (C=O) groups is 1. The maximum Gasteiger partial charge on any atom is 0.220 e. The number of nitrogens with two attached hydrogens (primary N) is 1. The van der Waals surface area contributed by atoms with Crippen molar-refractivity contribution in [2.45, 2.75) is 46.6 Å². The van der Waals surface area contributed by atoms with Crippen molar-refractivity contribution in [3.05, 3.63) is 21.9 Å². The summed E-state index contributed by atoms with van der Waals surface area (Å²) in [5, 5.41) is 2.99. The molecule has 0 bridgehead atoms. The maximum absolute atomic E-state index is 11.9. The van der Waals surface area contributed by atoms with Gasteiger partial charge in [-0.25, -0.2) is 0 Å². The zero-order valence-corrected chi connectivity index (χ0v) is 13.1. The first-order chi connectivity index (χ1) is 9.05. The standard InChI is InChI=1S/C15H26N2OS/c1-4-13-5-6-14(19-13)10-17-15(18)8-12(9-16)7-11(2)3/h5-6,11-12H,4,7-10,16H2,1-3H3,(H,17,18)/t12-/m0/s1. The first kappa shape index (κ1) is 16.2. The number of aryl methyl sites for hydroxylation is 1. The molecule has 3 nitrogen and oxygen atoms in total. The highest BCUT2D eigenvalue weighted by Gasteiger charge is 2.14. The molecule has 4 heteroatoms. The van der Waals surface area contributed by atoms with E-state index in [4.69, 9.17) is 5.73 Å². The summed E-state index contributed by atoms with van der Waals surface area (Å²) in [5.74, 6) is 1.00. The zero-order chi connectivity index (χ0) is 14.3. The molecule has 1 aromatic heterocycles. The van der Waals surface area contributed by atoms with Crippen LogP contribution in [0.4, 0.5) is 0 Å². The molecule has 0 saturated heterocycles. The molecule has 1 atom stereocenters. The molecule has 108 valence electrons. The highest BCUT2D eigenvalue weighted by atomic mass is 32.1. The second-order valence-corrected chi connectivity index (χ2v) is 6.69. The van der Waals surface area contributed by atoms with Crippen LogP contribution in [-0.4, -0.2) is 12.5 Å². The van der Waals surface area contributed by atoms with E-state index in [9.17, 15) is 4.79 Å². The van der Waals surface area contributed by atoms with Gasteiger partial charge in [-0.15, -0.1) is 11.3 Å². The zero-order valence-electron chi connectivity index (χ0n) is 12.2. The molecule has 1 amide bonds. The van der Waals surface area contributed by atoms with Gasteiger partial charge in [0.05, 0.1) is 6.54 Å². The topological polar surface area (TPSA) is 55.1 Å². The molecule has 0 aliphatic heterocycles. The Labute approximate surface area is 120 Å². The number of hydrogen-bond acceptors (Lipinski definition) is 3. The Hall–Kier alpha value is -0.870. The van der Waals surface area contributed by atoms with E-state index in [0.29, 0.717) is 31.3 Å². The minimum atomic E-state index is 0.113. The Morgan fingerprint density at radius 2 is 2.05 bits per heavy atom. The van der Waals surface area contributed by atoms with Crippen LogP contribution in [0.1, 0.15) is 43.4 Å². The molecule has 0 radical (unpaired) electrons. The molecular formula is C15H26N2OS. The van der Waals surface area contributed by atoms with E-state index in [2.05, 4.69) is 38.2 Å². The lowest BCUT2D eigenvalue weighted by molar-refractivity contribution is -0.122. The van der Waals surface area contributed by atoms with Crippen molar-refractivity contribution in [2.75, 3.05) is 6.54 Å². The predicted molar refractivity (Wildman–Crippen MR) is 82.2 cm³/mol. The van der Waals surface area contributed by atoms with Gasteiger partial charge in [0.25, 0.3) is 0 Å². The van der Waals surface area contributed by atoms with E-state index >= 15 is 0 Å². The molecule has 19 heavy (non-hydrogen) atoms. The average molecular weight is 282 g/mol. The Balaban J connectivity index is 2.34. The minimum absolute atomic E-state index is 0.113. The third-order valence-corrected chi connectivity index (χ3v) is 4.37. The summed E-state index contributed by atoms with van der Waals surface area (Å²) in [6, 6.07) is 4.23. The normalized spacial score (nSPS) is 12.7. The average Bonchev–Trinajstić information content (AvgIpc) is 2.83.